The van der Waals surface area contributed by atoms with Gasteiger partial charge in [0.2, 0.25) is 0 Å². The van der Waals surface area contributed by atoms with Crippen LogP contribution in [-0.2, 0) is 0 Å². The van der Waals surface area contributed by atoms with E-state index in [0.717, 1.165) is 33.5 Å². The number of nitrogens with one attached hydrogen (secondary N) is 1. The second kappa shape index (κ2) is 6.67. The summed E-state index contributed by atoms with van der Waals surface area (Å²) in [5, 5.41) is 10.2. The Morgan fingerprint density at radius 1 is 0.607 bits per heavy atom. The molecule has 0 aliphatic carbocycles. The summed E-state index contributed by atoms with van der Waals surface area (Å²) in [6, 6.07) is 29.3. The number of phenols is 1. The number of aromatic hydroxyl groups is 1. The lowest BCUT2D eigenvalue weighted by Gasteiger charge is -2.05. The second-order valence-electron chi connectivity index (χ2n) is 6.58. The Balaban J connectivity index is 1.65. The van der Waals surface area contributed by atoms with Crippen LogP contribution in [0.5, 0.6) is 5.75 Å². The highest BCUT2D eigenvalue weighted by atomic mass is 16.3. The minimum atomic E-state index is 0.201. The number of aromatic nitrogens is 3. The van der Waals surface area contributed by atoms with Gasteiger partial charge in [-0.15, -0.1) is 0 Å². The van der Waals surface area contributed by atoms with Gasteiger partial charge in [0.15, 0.2) is 0 Å². The first-order valence-electron chi connectivity index (χ1n) is 9.09. The van der Waals surface area contributed by atoms with Crippen molar-refractivity contribution in [3.8, 4) is 39.7 Å². The number of fused-ring (bicyclic) bond motifs is 1. The lowest BCUT2D eigenvalue weighted by Crippen LogP contribution is -1.89. The fraction of sp³-hybridized carbons (Fsp3) is 0. The van der Waals surface area contributed by atoms with Crippen LogP contribution in [0, 0.1) is 0 Å². The number of H-pyrrole nitrogens is 1. The average Bonchev–Trinajstić information content (AvgIpc) is 3.19. The number of para-hydroxylation sites is 2. The molecule has 0 saturated carbocycles. The molecule has 0 saturated heterocycles. The van der Waals surface area contributed by atoms with E-state index >= 15 is 0 Å². The molecule has 2 aromatic heterocycles. The largest absolute Gasteiger partial charge is 0.507 e. The number of pyridine rings is 1. The van der Waals surface area contributed by atoms with Crippen LogP contribution >= 0.6 is 0 Å². The molecule has 0 amide bonds. The van der Waals surface area contributed by atoms with Crippen molar-refractivity contribution in [2.45, 2.75) is 0 Å². The second-order valence-corrected chi connectivity index (χ2v) is 6.58. The number of hydrogen-bond donors (Lipinski definition) is 2. The molecule has 134 valence electrons. The molecule has 0 aliphatic rings. The van der Waals surface area contributed by atoms with Crippen LogP contribution in [0.4, 0.5) is 0 Å². The van der Waals surface area contributed by atoms with Crippen molar-refractivity contribution in [2.24, 2.45) is 0 Å². The summed E-state index contributed by atoms with van der Waals surface area (Å²) in [6.07, 6.45) is 0. The van der Waals surface area contributed by atoms with Gasteiger partial charge in [-0.3, -0.25) is 0 Å². The van der Waals surface area contributed by atoms with Crippen molar-refractivity contribution in [3.05, 3.63) is 91.0 Å². The average molecular weight is 363 g/mol. The topological polar surface area (TPSA) is 61.8 Å². The molecule has 0 fully saturated rings. The summed E-state index contributed by atoms with van der Waals surface area (Å²) in [4.78, 5) is 12.9. The Hall–Kier alpha value is -3.92. The third-order valence-electron chi connectivity index (χ3n) is 4.77. The summed E-state index contributed by atoms with van der Waals surface area (Å²) >= 11 is 0. The van der Waals surface area contributed by atoms with Crippen molar-refractivity contribution in [3.63, 3.8) is 0 Å². The van der Waals surface area contributed by atoms with E-state index in [0.29, 0.717) is 11.4 Å². The molecular weight excluding hydrogens is 346 g/mol. The number of nitrogens with zero attached hydrogens (tertiary/aromatic N) is 2. The third-order valence-corrected chi connectivity index (χ3v) is 4.77. The van der Waals surface area contributed by atoms with Gasteiger partial charge in [0.1, 0.15) is 11.6 Å². The molecule has 0 radical (unpaired) electrons. The molecule has 0 atom stereocenters. The monoisotopic (exact) mass is 363 g/mol. The van der Waals surface area contributed by atoms with Crippen LogP contribution in [0.2, 0.25) is 0 Å². The summed E-state index contributed by atoms with van der Waals surface area (Å²) in [7, 11) is 0. The van der Waals surface area contributed by atoms with E-state index in [1.54, 1.807) is 12.1 Å². The molecule has 28 heavy (non-hydrogen) atoms. The SMILES string of the molecule is Oc1ccccc1-c1nc2c(-c3cccc(-c4ccccc4)n3)cccc2[nH]1. The van der Waals surface area contributed by atoms with E-state index in [-0.39, 0.29) is 5.75 Å². The zero-order valence-electron chi connectivity index (χ0n) is 15.0. The Kier molecular flexibility index (Phi) is 3.87. The van der Waals surface area contributed by atoms with Gasteiger partial charge in [-0.25, -0.2) is 9.97 Å². The molecule has 4 nitrogen and oxygen atoms in total. The zero-order valence-corrected chi connectivity index (χ0v) is 15.0. The lowest BCUT2D eigenvalue weighted by atomic mass is 10.1. The van der Waals surface area contributed by atoms with E-state index in [4.69, 9.17) is 9.97 Å². The number of hydrogen-bond acceptors (Lipinski definition) is 3. The van der Waals surface area contributed by atoms with E-state index in [1.165, 1.54) is 0 Å². The molecule has 5 aromatic rings. The van der Waals surface area contributed by atoms with Crippen molar-refractivity contribution < 1.29 is 5.11 Å². The standard InChI is InChI=1S/C24H17N3O/c28-22-15-5-4-10-18(22)24-26-21-14-6-11-17(23(21)27-24)20-13-7-12-19(25-20)16-8-2-1-3-9-16/h1-15,28H,(H,26,27). The van der Waals surface area contributed by atoms with E-state index in [1.807, 2.05) is 66.7 Å². The smallest absolute Gasteiger partial charge is 0.142 e. The van der Waals surface area contributed by atoms with Gasteiger partial charge in [0.05, 0.1) is 28.0 Å². The molecule has 2 N–H and O–H groups in total. The molecule has 2 heterocycles. The molecule has 0 bridgehead atoms. The quantitative estimate of drug-likeness (QED) is 0.434. The van der Waals surface area contributed by atoms with Crippen molar-refractivity contribution in [1.82, 2.24) is 15.0 Å². The highest BCUT2D eigenvalue weighted by molar-refractivity contribution is 5.93. The molecule has 0 spiro atoms. The van der Waals surface area contributed by atoms with Crippen molar-refractivity contribution in [1.29, 1.82) is 0 Å². The van der Waals surface area contributed by atoms with E-state index < -0.39 is 0 Å². The predicted molar refractivity (Wildman–Crippen MR) is 112 cm³/mol. The highest BCUT2D eigenvalue weighted by Crippen LogP contribution is 2.32. The van der Waals surface area contributed by atoms with Crippen LogP contribution in [-0.4, -0.2) is 20.1 Å². The van der Waals surface area contributed by atoms with Gasteiger partial charge < -0.3 is 10.1 Å². The van der Waals surface area contributed by atoms with Crippen molar-refractivity contribution >= 4 is 11.0 Å². The first-order valence-corrected chi connectivity index (χ1v) is 9.09. The number of aromatic amines is 1. The molecule has 0 unspecified atom stereocenters. The fourth-order valence-electron chi connectivity index (χ4n) is 3.39. The Bertz CT molecular complexity index is 1280. The van der Waals surface area contributed by atoms with Gasteiger partial charge in [0, 0.05) is 11.1 Å². The Morgan fingerprint density at radius 3 is 2.18 bits per heavy atom. The van der Waals surface area contributed by atoms with Crippen LogP contribution in [0.25, 0.3) is 44.9 Å². The first kappa shape index (κ1) is 16.3. The molecule has 3 aromatic carbocycles. The van der Waals surface area contributed by atoms with Gasteiger partial charge in [-0.1, -0.05) is 60.7 Å². The first-order chi connectivity index (χ1) is 13.8. The van der Waals surface area contributed by atoms with Crippen LogP contribution < -0.4 is 0 Å². The van der Waals surface area contributed by atoms with Crippen LogP contribution in [0.1, 0.15) is 0 Å². The minimum absolute atomic E-state index is 0.201. The van der Waals surface area contributed by atoms with Gasteiger partial charge in [0.25, 0.3) is 0 Å². The third kappa shape index (κ3) is 2.81. The molecular formula is C24H17N3O. The molecule has 5 rings (SSSR count). The number of benzene rings is 3. The minimum Gasteiger partial charge on any atom is -0.507 e. The normalized spacial score (nSPS) is 11.0. The van der Waals surface area contributed by atoms with Gasteiger partial charge >= 0.3 is 0 Å². The number of phenolic OH excluding ortho intramolecular Hbond substituents is 1. The van der Waals surface area contributed by atoms with Gasteiger partial charge in [-0.05, 0) is 30.3 Å². The number of imidazole rings is 1. The zero-order chi connectivity index (χ0) is 18.9. The summed E-state index contributed by atoms with van der Waals surface area (Å²) in [6.45, 7) is 0. The lowest BCUT2D eigenvalue weighted by molar-refractivity contribution is 0.477. The maximum absolute atomic E-state index is 10.2. The van der Waals surface area contributed by atoms with E-state index in [2.05, 4.69) is 17.1 Å². The van der Waals surface area contributed by atoms with Gasteiger partial charge in [-0.2, -0.15) is 0 Å². The fourth-order valence-corrected chi connectivity index (χ4v) is 3.39. The van der Waals surface area contributed by atoms with E-state index in [9.17, 15) is 5.11 Å². The predicted octanol–water partition coefficient (Wildman–Crippen LogP) is 5.66. The highest BCUT2D eigenvalue weighted by Gasteiger charge is 2.13. The molecule has 4 heteroatoms. The summed E-state index contributed by atoms with van der Waals surface area (Å²) in [5.74, 6) is 0.840. The van der Waals surface area contributed by atoms with Crippen LogP contribution in [0.15, 0.2) is 91.0 Å². The maximum Gasteiger partial charge on any atom is 0.142 e. The van der Waals surface area contributed by atoms with Crippen LogP contribution in [0.3, 0.4) is 0 Å². The maximum atomic E-state index is 10.2. The molecule has 0 aliphatic heterocycles. The summed E-state index contributed by atoms with van der Waals surface area (Å²) < 4.78 is 0. The van der Waals surface area contributed by atoms with Crippen molar-refractivity contribution in [2.75, 3.05) is 0 Å². The summed E-state index contributed by atoms with van der Waals surface area (Å²) in [5.41, 5.74) is 6.23. The Morgan fingerprint density at radius 2 is 1.32 bits per heavy atom. The number of rotatable bonds is 3. The Labute approximate surface area is 162 Å².